The van der Waals surface area contributed by atoms with Gasteiger partial charge in [0.25, 0.3) is 5.91 Å². The third-order valence-electron chi connectivity index (χ3n) is 5.41. The zero-order valence-electron chi connectivity index (χ0n) is 19.0. The first kappa shape index (κ1) is 22.1. The van der Waals surface area contributed by atoms with Crippen molar-refractivity contribution in [3.05, 3.63) is 81.8 Å². The topological polar surface area (TPSA) is 47.4 Å². The molecule has 1 amide bonds. The van der Waals surface area contributed by atoms with Gasteiger partial charge in [-0.1, -0.05) is 44.2 Å². The van der Waals surface area contributed by atoms with Crippen molar-refractivity contribution in [2.24, 2.45) is 5.92 Å². The van der Waals surface area contributed by atoms with Crippen molar-refractivity contribution >= 4 is 28.3 Å². The van der Waals surface area contributed by atoms with Crippen LogP contribution in [-0.2, 0) is 13.1 Å². The molecule has 0 saturated carbocycles. The Morgan fingerprint density at radius 1 is 1.09 bits per heavy atom. The second-order valence-electron chi connectivity index (χ2n) is 8.40. The van der Waals surface area contributed by atoms with E-state index in [2.05, 4.69) is 30.5 Å². The molecule has 166 valence electrons. The van der Waals surface area contributed by atoms with Gasteiger partial charge >= 0.3 is 0 Å². The Hall–Kier alpha value is -3.12. The van der Waals surface area contributed by atoms with Crippen molar-refractivity contribution in [3.8, 4) is 5.75 Å². The van der Waals surface area contributed by atoms with Crippen LogP contribution >= 0.6 is 11.3 Å². The zero-order valence-corrected chi connectivity index (χ0v) is 19.9. The van der Waals surface area contributed by atoms with Gasteiger partial charge in [0.05, 0.1) is 36.1 Å². The van der Waals surface area contributed by atoms with Crippen molar-refractivity contribution in [2.45, 2.75) is 33.9 Å². The highest BCUT2D eigenvalue weighted by atomic mass is 32.1. The van der Waals surface area contributed by atoms with Crippen molar-refractivity contribution in [1.29, 1.82) is 0 Å². The summed E-state index contributed by atoms with van der Waals surface area (Å²) in [4.78, 5) is 22.1. The number of aryl methyl sites for hydroxylation is 1. The van der Waals surface area contributed by atoms with E-state index in [4.69, 9.17) is 9.72 Å². The molecule has 32 heavy (non-hydrogen) atoms. The molecule has 0 bridgehead atoms. The molecule has 2 heterocycles. The van der Waals surface area contributed by atoms with Gasteiger partial charge in [0.1, 0.15) is 11.6 Å². The maximum absolute atomic E-state index is 13.4. The summed E-state index contributed by atoms with van der Waals surface area (Å²) in [5, 5.41) is 0. The lowest BCUT2D eigenvalue weighted by molar-refractivity contribution is 0.0721. The highest BCUT2D eigenvalue weighted by Gasteiger charge is 2.22. The Morgan fingerprint density at radius 3 is 2.56 bits per heavy atom. The normalized spacial score (nSPS) is 11.3. The third kappa shape index (κ3) is 4.70. The van der Waals surface area contributed by atoms with E-state index in [9.17, 15) is 4.79 Å². The predicted molar refractivity (Wildman–Crippen MR) is 130 cm³/mol. The zero-order chi connectivity index (χ0) is 22.7. The van der Waals surface area contributed by atoms with Crippen LogP contribution in [0.3, 0.4) is 0 Å². The fourth-order valence-corrected chi connectivity index (χ4v) is 4.80. The van der Waals surface area contributed by atoms with Crippen LogP contribution in [0.1, 0.15) is 39.8 Å². The molecule has 5 nitrogen and oxygen atoms in total. The Labute approximate surface area is 193 Å². The quantitative estimate of drug-likeness (QED) is 0.345. The summed E-state index contributed by atoms with van der Waals surface area (Å²) in [5.74, 6) is 2.14. The number of thiophene rings is 1. The molecule has 0 radical (unpaired) electrons. The van der Waals surface area contributed by atoms with E-state index in [-0.39, 0.29) is 5.91 Å². The molecule has 4 aromatic rings. The van der Waals surface area contributed by atoms with Crippen LogP contribution in [0, 0.1) is 12.8 Å². The van der Waals surface area contributed by atoms with Crippen LogP contribution in [0.15, 0.2) is 60.7 Å². The van der Waals surface area contributed by atoms with E-state index < -0.39 is 0 Å². The molecule has 2 aromatic carbocycles. The standard InChI is InChI=1S/C26H29N3O2S/c1-18(2)15-28(26(30)24-14-13-19(3)32-24)17-25-27-21-10-6-7-11-22(21)29(25)16-20-9-5-8-12-23(20)31-4/h5-14,18H,15-17H2,1-4H3. The highest BCUT2D eigenvalue weighted by molar-refractivity contribution is 7.13. The lowest BCUT2D eigenvalue weighted by atomic mass is 10.2. The van der Waals surface area contributed by atoms with Gasteiger partial charge < -0.3 is 14.2 Å². The number of hydrogen-bond acceptors (Lipinski definition) is 4. The number of imidazole rings is 1. The number of carbonyl (C=O) groups is 1. The molecular weight excluding hydrogens is 418 g/mol. The first-order valence-corrected chi connectivity index (χ1v) is 11.7. The summed E-state index contributed by atoms with van der Waals surface area (Å²) < 4.78 is 7.78. The van der Waals surface area contributed by atoms with E-state index >= 15 is 0 Å². The number of benzene rings is 2. The number of methoxy groups -OCH3 is 1. The maximum atomic E-state index is 13.4. The van der Waals surface area contributed by atoms with E-state index in [0.717, 1.165) is 37.9 Å². The van der Waals surface area contributed by atoms with Gasteiger partial charge in [-0.2, -0.15) is 0 Å². The summed E-state index contributed by atoms with van der Waals surface area (Å²) in [6, 6.07) is 20.1. The molecule has 6 heteroatoms. The largest absolute Gasteiger partial charge is 0.496 e. The van der Waals surface area contributed by atoms with Gasteiger partial charge in [0.15, 0.2) is 0 Å². The molecule has 2 aromatic heterocycles. The first-order valence-electron chi connectivity index (χ1n) is 10.9. The Kier molecular flexibility index (Phi) is 6.61. The number of nitrogens with zero attached hydrogens (tertiary/aromatic N) is 3. The van der Waals surface area contributed by atoms with Gasteiger partial charge in [-0.15, -0.1) is 11.3 Å². The highest BCUT2D eigenvalue weighted by Crippen LogP contribution is 2.25. The van der Waals surface area contributed by atoms with E-state index in [0.29, 0.717) is 25.6 Å². The summed E-state index contributed by atoms with van der Waals surface area (Å²) in [7, 11) is 1.69. The average molecular weight is 448 g/mol. The van der Waals surface area contributed by atoms with E-state index in [1.807, 2.05) is 60.4 Å². The SMILES string of the molecule is COc1ccccc1Cn1c(CN(CC(C)C)C(=O)c2ccc(C)s2)nc2ccccc21. The minimum atomic E-state index is 0.0627. The lowest BCUT2D eigenvalue weighted by Gasteiger charge is -2.24. The molecular formula is C26H29N3O2S. The number of para-hydroxylation sites is 3. The van der Waals surface area contributed by atoms with Crippen LogP contribution in [-0.4, -0.2) is 34.0 Å². The molecule has 0 unspecified atom stereocenters. The molecule has 0 saturated heterocycles. The van der Waals surface area contributed by atoms with E-state index in [1.165, 1.54) is 0 Å². The lowest BCUT2D eigenvalue weighted by Crippen LogP contribution is -2.34. The van der Waals surface area contributed by atoms with Crippen molar-refractivity contribution in [2.75, 3.05) is 13.7 Å². The van der Waals surface area contributed by atoms with Gasteiger partial charge in [-0.05, 0) is 43.2 Å². The smallest absolute Gasteiger partial charge is 0.264 e. The van der Waals surface area contributed by atoms with Crippen LogP contribution < -0.4 is 4.74 Å². The first-order chi connectivity index (χ1) is 15.5. The number of amides is 1. The monoisotopic (exact) mass is 447 g/mol. The number of aromatic nitrogens is 2. The third-order valence-corrected chi connectivity index (χ3v) is 6.40. The molecule has 0 aliphatic carbocycles. The van der Waals surface area contributed by atoms with Gasteiger partial charge in [0.2, 0.25) is 0 Å². The number of ether oxygens (including phenoxy) is 1. The average Bonchev–Trinajstić information content (AvgIpc) is 3.36. The molecule has 4 rings (SSSR count). The van der Waals surface area contributed by atoms with Crippen LogP contribution in [0.4, 0.5) is 0 Å². The van der Waals surface area contributed by atoms with Crippen molar-refractivity contribution in [1.82, 2.24) is 14.5 Å². The van der Waals surface area contributed by atoms with Gasteiger partial charge in [-0.25, -0.2) is 4.98 Å². The predicted octanol–water partition coefficient (Wildman–Crippen LogP) is 5.76. The second kappa shape index (κ2) is 9.57. The summed E-state index contributed by atoms with van der Waals surface area (Å²) >= 11 is 1.54. The number of carbonyl (C=O) groups excluding carboxylic acids is 1. The molecule has 0 fully saturated rings. The fraction of sp³-hybridized carbons (Fsp3) is 0.308. The fourth-order valence-electron chi connectivity index (χ4n) is 3.96. The number of hydrogen-bond donors (Lipinski definition) is 0. The second-order valence-corrected chi connectivity index (χ2v) is 9.69. The molecule has 0 atom stereocenters. The summed E-state index contributed by atoms with van der Waals surface area (Å²) in [6.07, 6.45) is 0. The number of fused-ring (bicyclic) bond motifs is 1. The summed E-state index contributed by atoms with van der Waals surface area (Å²) in [5.41, 5.74) is 3.06. The van der Waals surface area contributed by atoms with Crippen LogP contribution in [0.5, 0.6) is 5.75 Å². The molecule has 0 N–H and O–H groups in total. The van der Waals surface area contributed by atoms with Crippen molar-refractivity contribution in [3.63, 3.8) is 0 Å². The minimum Gasteiger partial charge on any atom is -0.496 e. The summed E-state index contributed by atoms with van der Waals surface area (Å²) in [6.45, 7) is 8.06. The van der Waals surface area contributed by atoms with Crippen LogP contribution in [0.25, 0.3) is 11.0 Å². The Balaban J connectivity index is 1.73. The minimum absolute atomic E-state index is 0.0627. The molecule has 0 aliphatic heterocycles. The van der Waals surface area contributed by atoms with Gasteiger partial charge in [-0.3, -0.25) is 4.79 Å². The van der Waals surface area contributed by atoms with Crippen LogP contribution in [0.2, 0.25) is 0 Å². The van der Waals surface area contributed by atoms with E-state index in [1.54, 1.807) is 18.4 Å². The molecule has 0 aliphatic rings. The van der Waals surface area contributed by atoms with Gasteiger partial charge in [0, 0.05) is 17.0 Å². The Bertz CT molecular complexity index is 1220. The van der Waals surface area contributed by atoms with Crippen molar-refractivity contribution < 1.29 is 9.53 Å². The Morgan fingerprint density at radius 2 is 1.84 bits per heavy atom. The maximum Gasteiger partial charge on any atom is 0.264 e. The molecule has 0 spiro atoms. The number of rotatable bonds is 8.